The van der Waals surface area contributed by atoms with Gasteiger partial charge < -0.3 is 0 Å². The van der Waals surface area contributed by atoms with Gasteiger partial charge in [0.15, 0.2) is 0 Å². The Morgan fingerprint density at radius 2 is 2.40 bits per heavy atom. The van der Waals surface area contributed by atoms with E-state index < -0.39 is 6.04 Å². The Kier molecular flexibility index (Phi) is 5.35. The Morgan fingerprint density at radius 1 is 1.70 bits per heavy atom. The third kappa shape index (κ3) is 3.84. The number of nitrogens with zero attached hydrogens (tertiary/aromatic N) is 2. The largest absolute Gasteiger partial charge is 0.235 e. The molecule has 0 bridgehead atoms. The van der Waals surface area contributed by atoms with Crippen LogP contribution >= 0.6 is 0 Å². The van der Waals surface area contributed by atoms with E-state index in [9.17, 15) is 0 Å². The van der Waals surface area contributed by atoms with Gasteiger partial charge in [0.2, 0.25) is 0 Å². The SMILES string of the molecule is C=CCN[N]C(C#N)C=C. The van der Waals surface area contributed by atoms with Crippen molar-refractivity contribution in [2.45, 2.75) is 6.04 Å². The van der Waals surface area contributed by atoms with E-state index in [1.807, 2.05) is 6.07 Å². The number of nitriles is 1. The van der Waals surface area contributed by atoms with Crippen LogP contribution in [0.3, 0.4) is 0 Å². The van der Waals surface area contributed by atoms with E-state index in [1.165, 1.54) is 6.08 Å². The number of rotatable bonds is 5. The van der Waals surface area contributed by atoms with Crippen molar-refractivity contribution in [3.05, 3.63) is 25.3 Å². The summed E-state index contributed by atoms with van der Waals surface area (Å²) in [6.45, 7) is 7.48. The topological polar surface area (TPSA) is 49.9 Å². The van der Waals surface area contributed by atoms with Gasteiger partial charge in [0.05, 0.1) is 6.07 Å². The van der Waals surface area contributed by atoms with Crippen molar-refractivity contribution < 1.29 is 0 Å². The first kappa shape index (κ1) is 8.89. The molecule has 0 heterocycles. The zero-order valence-electron chi connectivity index (χ0n) is 5.75. The zero-order chi connectivity index (χ0) is 7.82. The van der Waals surface area contributed by atoms with Crippen LogP contribution in [0, 0.1) is 11.3 Å². The average molecular weight is 136 g/mol. The van der Waals surface area contributed by atoms with E-state index >= 15 is 0 Å². The van der Waals surface area contributed by atoms with Crippen molar-refractivity contribution in [2.75, 3.05) is 6.54 Å². The lowest BCUT2D eigenvalue weighted by Crippen LogP contribution is -2.31. The molecule has 1 radical (unpaired) electrons. The predicted octanol–water partition coefficient (Wildman–Crippen LogP) is 0.360. The Balaban J connectivity index is 3.37. The van der Waals surface area contributed by atoms with Crippen molar-refractivity contribution in [1.29, 1.82) is 5.26 Å². The molecule has 1 N–H and O–H groups in total. The number of hydrogen-bond acceptors (Lipinski definition) is 2. The second-order valence-electron chi connectivity index (χ2n) is 1.59. The van der Waals surface area contributed by atoms with Crippen LogP contribution in [0.25, 0.3) is 0 Å². The van der Waals surface area contributed by atoms with Gasteiger partial charge in [-0.2, -0.15) is 5.26 Å². The van der Waals surface area contributed by atoms with Gasteiger partial charge in [0.1, 0.15) is 6.04 Å². The molecule has 0 saturated heterocycles. The molecular weight excluding hydrogens is 126 g/mol. The van der Waals surface area contributed by atoms with E-state index in [4.69, 9.17) is 5.26 Å². The molecule has 0 aromatic heterocycles. The molecule has 0 aliphatic heterocycles. The Hall–Kier alpha value is -1.11. The molecular formula is C7H10N3. The molecule has 0 aromatic carbocycles. The number of nitrogens with one attached hydrogen (secondary N) is 1. The van der Waals surface area contributed by atoms with Crippen molar-refractivity contribution >= 4 is 0 Å². The lowest BCUT2D eigenvalue weighted by atomic mass is 10.3. The highest BCUT2D eigenvalue weighted by molar-refractivity contribution is 5.01. The molecule has 0 aliphatic carbocycles. The monoisotopic (exact) mass is 136 g/mol. The maximum atomic E-state index is 8.34. The number of hydrogen-bond donors (Lipinski definition) is 1. The Bertz CT molecular complexity index is 145. The molecule has 10 heavy (non-hydrogen) atoms. The fraction of sp³-hybridized carbons (Fsp3) is 0.286. The minimum atomic E-state index is -0.458. The molecule has 1 atom stereocenters. The van der Waals surface area contributed by atoms with E-state index in [1.54, 1.807) is 6.08 Å². The van der Waals surface area contributed by atoms with Gasteiger partial charge in [-0.15, -0.1) is 18.6 Å². The molecule has 3 nitrogen and oxygen atoms in total. The van der Waals surface area contributed by atoms with Crippen LogP contribution in [0.4, 0.5) is 0 Å². The summed E-state index contributed by atoms with van der Waals surface area (Å²) in [4.78, 5) is 0. The minimum absolute atomic E-state index is 0.458. The Morgan fingerprint density at radius 3 is 2.80 bits per heavy atom. The second-order valence-corrected chi connectivity index (χ2v) is 1.59. The van der Waals surface area contributed by atoms with Crippen LogP contribution in [-0.2, 0) is 0 Å². The van der Waals surface area contributed by atoms with Crippen molar-refractivity contribution in [3.63, 3.8) is 0 Å². The molecule has 3 heteroatoms. The summed E-state index contributed by atoms with van der Waals surface area (Å²) >= 11 is 0. The summed E-state index contributed by atoms with van der Waals surface area (Å²) in [5.41, 5.74) is 6.40. The molecule has 0 saturated carbocycles. The molecule has 0 aromatic rings. The standard InChI is InChI=1S/C7H10N3/c1-3-5-9-10-7(4-2)6-8/h3-4,7,9H,1-2,5H2. The third-order valence-electron chi connectivity index (χ3n) is 0.822. The lowest BCUT2D eigenvalue weighted by molar-refractivity contribution is 0.547. The van der Waals surface area contributed by atoms with Crippen molar-refractivity contribution in [3.8, 4) is 6.07 Å². The van der Waals surface area contributed by atoms with Crippen LogP contribution in [0.2, 0.25) is 0 Å². The molecule has 0 rings (SSSR count). The minimum Gasteiger partial charge on any atom is -0.235 e. The smallest absolute Gasteiger partial charge is 0.146 e. The van der Waals surface area contributed by atoms with E-state index in [2.05, 4.69) is 24.0 Å². The van der Waals surface area contributed by atoms with Gasteiger partial charge >= 0.3 is 0 Å². The highest BCUT2D eigenvalue weighted by atomic mass is 15.4. The summed E-state index contributed by atoms with van der Waals surface area (Å²) in [5, 5.41) is 8.34. The van der Waals surface area contributed by atoms with Gasteiger partial charge in [-0.25, -0.2) is 5.43 Å². The highest BCUT2D eigenvalue weighted by Crippen LogP contribution is 1.79. The average Bonchev–Trinajstić information content (AvgIpc) is 1.99. The first-order valence-corrected chi connectivity index (χ1v) is 2.91. The van der Waals surface area contributed by atoms with Gasteiger partial charge in [0, 0.05) is 6.54 Å². The van der Waals surface area contributed by atoms with Gasteiger partial charge in [-0.3, -0.25) is 0 Å². The normalized spacial score (nSPS) is 11.5. The van der Waals surface area contributed by atoms with Gasteiger partial charge in [0.25, 0.3) is 0 Å². The molecule has 0 fully saturated rings. The molecule has 0 spiro atoms. The first-order valence-electron chi connectivity index (χ1n) is 2.91. The molecule has 0 aliphatic rings. The summed E-state index contributed by atoms with van der Waals surface area (Å²) in [5.74, 6) is 0. The zero-order valence-corrected chi connectivity index (χ0v) is 5.75. The fourth-order valence-electron chi connectivity index (χ4n) is 0.350. The van der Waals surface area contributed by atoms with Crippen LogP contribution in [-0.4, -0.2) is 12.6 Å². The van der Waals surface area contributed by atoms with Gasteiger partial charge in [-0.05, 0) is 0 Å². The third-order valence-corrected chi connectivity index (χ3v) is 0.822. The van der Waals surface area contributed by atoms with Crippen LogP contribution in [0.1, 0.15) is 0 Å². The predicted molar refractivity (Wildman–Crippen MR) is 39.9 cm³/mol. The van der Waals surface area contributed by atoms with Crippen molar-refractivity contribution in [2.24, 2.45) is 0 Å². The van der Waals surface area contributed by atoms with E-state index in [0.29, 0.717) is 6.54 Å². The summed E-state index contributed by atoms with van der Waals surface area (Å²) < 4.78 is 0. The molecule has 53 valence electrons. The molecule has 1 unspecified atom stereocenters. The van der Waals surface area contributed by atoms with Crippen molar-refractivity contribution in [1.82, 2.24) is 10.9 Å². The van der Waals surface area contributed by atoms with E-state index in [0.717, 1.165) is 0 Å². The lowest BCUT2D eigenvalue weighted by Gasteiger charge is -2.01. The summed E-state index contributed by atoms with van der Waals surface area (Å²) in [6, 6.07) is 1.47. The van der Waals surface area contributed by atoms with Crippen LogP contribution in [0.15, 0.2) is 25.3 Å². The molecule has 0 amide bonds. The maximum Gasteiger partial charge on any atom is 0.146 e. The summed E-state index contributed by atoms with van der Waals surface area (Å²) in [6.07, 6.45) is 3.14. The highest BCUT2D eigenvalue weighted by Gasteiger charge is 1.98. The van der Waals surface area contributed by atoms with Crippen LogP contribution < -0.4 is 10.9 Å². The Labute approximate surface area is 61.0 Å². The fourth-order valence-corrected chi connectivity index (χ4v) is 0.350. The van der Waals surface area contributed by atoms with Crippen LogP contribution in [0.5, 0.6) is 0 Å². The maximum absolute atomic E-state index is 8.34. The first-order chi connectivity index (χ1) is 4.85. The van der Waals surface area contributed by atoms with Gasteiger partial charge in [-0.1, -0.05) is 12.2 Å². The second kappa shape index (κ2) is 6.02. The quantitative estimate of drug-likeness (QED) is 0.337. The van der Waals surface area contributed by atoms with E-state index in [-0.39, 0.29) is 0 Å². The summed E-state index contributed by atoms with van der Waals surface area (Å²) in [7, 11) is 0.